The van der Waals surface area contributed by atoms with Gasteiger partial charge < -0.3 is 4.90 Å². The molecule has 1 heterocycles. The van der Waals surface area contributed by atoms with Crippen LogP contribution in [0.5, 0.6) is 0 Å². The van der Waals surface area contributed by atoms with Crippen LogP contribution in [-0.2, 0) is 4.79 Å². The van der Waals surface area contributed by atoms with Crippen LogP contribution in [0.15, 0.2) is 0 Å². The highest BCUT2D eigenvalue weighted by molar-refractivity contribution is 5.47. The molecule has 12 heavy (non-hydrogen) atoms. The number of hydrogen-bond donors (Lipinski definition) is 0. The van der Waals surface area contributed by atoms with Gasteiger partial charge in [0.15, 0.2) is 0 Å². The number of carbonyl (C=O) groups is 1. The van der Waals surface area contributed by atoms with Crippen molar-refractivity contribution in [1.82, 2.24) is 4.90 Å². The molecule has 1 amide bonds. The Morgan fingerprint density at radius 3 is 2.42 bits per heavy atom. The lowest BCUT2D eigenvalue weighted by atomic mass is 9.74. The van der Waals surface area contributed by atoms with E-state index in [1.165, 1.54) is 38.5 Å². The Hall–Kier alpha value is -0.530. The fourth-order valence-corrected chi connectivity index (χ4v) is 2.77. The summed E-state index contributed by atoms with van der Waals surface area (Å²) < 4.78 is 0. The van der Waals surface area contributed by atoms with Gasteiger partial charge in [0, 0.05) is 13.1 Å². The summed E-state index contributed by atoms with van der Waals surface area (Å²) in [5, 5.41) is 0. The van der Waals surface area contributed by atoms with Crippen molar-refractivity contribution in [3.63, 3.8) is 0 Å². The molecule has 68 valence electrons. The van der Waals surface area contributed by atoms with E-state index in [0.717, 1.165) is 19.5 Å². The highest BCUT2D eigenvalue weighted by Gasteiger charge is 2.38. The Morgan fingerprint density at radius 1 is 1.08 bits per heavy atom. The van der Waals surface area contributed by atoms with Gasteiger partial charge in [-0.3, -0.25) is 4.79 Å². The molecular formula is C10H17NO. The van der Waals surface area contributed by atoms with Crippen LogP contribution < -0.4 is 0 Å². The van der Waals surface area contributed by atoms with Gasteiger partial charge in [-0.25, -0.2) is 0 Å². The predicted molar refractivity (Wildman–Crippen MR) is 47.8 cm³/mol. The lowest BCUT2D eigenvalue weighted by molar-refractivity contribution is -0.117. The van der Waals surface area contributed by atoms with E-state index in [0.29, 0.717) is 5.41 Å². The van der Waals surface area contributed by atoms with Crippen molar-refractivity contribution in [2.75, 3.05) is 13.1 Å². The number of rotatable bonds is 1. The highest BCUT2D eigenvalue weighted by Crippen LogP contribution is 2.43. The molecular weight excluding hydrogens is 150 g/mol. The summed E-state index contributed by atoms with van der Waals surface area (Å²) in [5.41, 5.74) is 0.541. The van der Waals surface area contributed by atoms with Gasteiger partial charge in [0.1, 0.15) is 0 Å². The molecule has 1 saturated carbocycles. The average Bonchev–Trinajstić information content (AvgIpc) is 2.50. The van der Waals surface area contributed by atoms with Gasteiger partial charge in [-0.1, -0.05) is 19.3 Å². The first kappa shape index (κ1) is 8.09. The van der Waals surface area contributed by atoms with Crippen molar-refractivity contribution in [2.45, 2.75) is 38.5 Å². The van der Waals surface area contributed by atoms with Crippen LogP contribution in [-0.4, -0.2) is 24.4 Å². The molecule has 0 N–H and O–H groups in total. The smallest absolute Gasteiger partial charge is 0.209 e. The molecule has 1 aliphatic heterocycles. The SMILES string of the molecule is O=CN1CCC2(CCCCC2)C1. The lowest BCUT2D eigenvalue weighted by Crippen LogP contribution is -2.28. The molecule has 2 fully saturated rings. The quantitative estimate of drug-likeness (QED) is 0.545. The number of nitrogens with zero attached hydrogens (tertiary/aromatic N) is 1. The summed E-state index contributed by atoms with van der Waals surface area (Å²) in [6.07, 6.45) is 9.16. The molecule has 0 unspecified atom stereocenters. The van der Waals surface area contributed by atoms with E-state index in [1.54, 1.807) is 0 Å². The number of likely N-dealkylation sites (tertiary alicyclic amines) is 1. The van der Waals surface area contributed by atoms with E-state index in [9.17, 15) is 4.79 Å². The fourth-order valence-electron chi connectivity index (χ4n) is 2.77. The van der Waals surface area contributed by atoms with Crippen molar-refractivity contribution >= 4 is 6.41 Å². The molecule has 0 radical (unpaired) electrons. The molecule has 1 aliphatic carbocycles. The molecule has 0 aromatic heterocycles. The Bertz CT molecular complexity index is 173. The molecule has 0 aromatic rings. The molecule has 2 heteroatoms. The van der Waals surface area contributed by atoms with Crippen LogP contribution in [0.4, 0.5) is 0 Å². The van der Waals surface area contributed by atoms with Crippen LogP contribution in [0, 0.1) is 5.41 Å². The van der Waals surface area contributed by atoms with Crippen molar-refractivity contribution < 1.29 is 4.79 Å². The van der Waals surface area contributed by atoms with Gasteiger partial charge >= 0.3 is 0 Å². The third kappa shape index (κ3) is 1.35. The maximum absolute atomic E-state index is 10.6. The minimum Gasteiger partial charge on any atom is -0.345 e. The Morgan fingerprint density at radius 2 is 1.83 bits per heavy atom. The van der Waals surface area contributed by atoms with Crippen LogP contribution in [0.2, 0.25) is 0 Å². The molecule has 1 spiro atoms. The Balaban J connectivity index is 1.98. The zero-order valence-corrected chi connectivity index (χ0v) is 7.59. The number of carbonyl (C=O) groups excluding carboxylic acids is 1. The molecule has 2 rings (SSSR count). The van der Waals surface area contributed by atoms with E-state index in [4.69, 9.17) is 0 Å². The van der Waals surface area contributed by atoms with E-state index in [2.05, 4.69) is 0 Å². The third-order valence-corrected chi connectivity index (χ3v) is 3.53. The van der Waals surface area contributed by atoms with Crippen molar-refractivity contribution in [1.29, 1.82) is 0 Å². The average molecular weight is 167 g/mol. The normalized spacial score (nSPS) is 27.8. The molecule has 1 saturated heterocycles. The second-order valence-electron chi connectivity index (χ2n) is 4.39. The largest absolute Gasteiger partial charge is 0.345 e. The minimum atomic E-state index is 0.541. The number of hydrogen-bond acceptors (Lipinski definition) is 1. The maximum Gasteiger partial charge on any atom is 0.209 e. The van der Waals surface area contributed by atoms with E-state index in [-0.39, 0.29) is 0 Å². The van der Waals surface area contributed by atoms with Crippen LogP contribution in [0.25, 0.3) is 0 Å². The second-order valence-corrected chi connectivity index (χ2v) is 4.39. The first-order valence-corrected chi connectivity index (χ1v) is 5.04. The molecule has 2 aliphatic rings. The predicted octanol–water partition coefficient (Wildman–Crippen LogP) is 1.80. The van der Waals surface area contributed by atoms with Crippen LogP contribution >= 0.6 is 0 Å². The summed E-state index contributed by atoms with van der Waals surface area (Å²) in [5.74, 6) is 0. The monoisotopic (exact) mass is 167 g/mol. The summed E-state index contributed by atoms with van der Waals surface area (Å²) >= 11 is 0. The van der Waals surface area contributed by atoms with Gasteiger partial charge in [-0.15, -0.1) is 0 Å². The zero-order valence-electron chi connectivity index (χ0n) is 7.59. The van der Waals surface area contributed by atoms with Gasteiger partial charge in [0.25, 0.3) is 0 Å². The van der Waals surface area contributed by atoms with Gasteiger partial charge in [0.2, 0.25) is 6.41 Å². The summed E-state index contributed by atoms with van der Waals surface area (Å²) in [7, 11) is 0. The van der Waals surface area contributed by atoms with Crippen LogP contribution in [0.1, 0.15) is 38.5 Å². The minimum absolute atomic E-state index is 0.541. The molecule has 0 aromatic carbocycles. The van der Waals surface area contributed by atoms with Crippen LogP contribution in [0.3, 0.4) is 0 Å². The zero-order chi connectivity index (χ0) is 8.44. The third-order valence-electron chi connectivity index (χ3n) is 3.53. The van der Waals surface area contributed by atoms with E-state index < -0.39 is 0 Å². The second kappa shape index (κ2) is 3.08. The molecule has 0 bridgehead atoms. The summed E-state index contributed by atoms with van der Waals surface area (Å²) in [6, 6.07) is 0. The summed E-state index contributed by atoms with van der Waals surface area (Å²) in [6.45, 7) is 2.04. The van der Waals surface area contributed by atoms with Crippen molar-refractivity contribution in [2.24, 2.45) is 5.41 Å². The van der Waals surface area contributed by atoms with E-state index >= 15 is 0 Å². The first-order chi connectivity index (χ1) is 5.85. The standard InChI is InChI=1S/C10H17NO/c12-9-11-7-6-10(8-11)4-2-1-3-5-10/h9H,1-8H2. The Labute approximate surface area is 73.9 Å². The maximum atomic E-state index is 10.6. The fraction of sp³-hybridized carbons (Fsp3) is 0.900. The van der Waals surface area contributed by atoms with Crippen molar-refractivity contribution in [3.05, 3.63) is 0 Å². The molecule has 2 nitrogen and oxygen atoms in total. The highest BCUT2D eigenvalue weighted by atomic mass is 16.1. The molecule has 0 atom stereocenters. The lowest BCUT2D eigenvalue weighted by Gasteiger charge is -2.32. The van der Waals surface area contributed by atoms with Gasteiger partial charge in [-0.2, -0.15) is 0 Å². The topological polar surface area (TPSA) is 20.3 Å². The Kier molecular flexibility index (Phi) is 2.07. The van der Waals surface area contributed by atoms with E-state index in [1.807, 2.05) is 4.90 Å². The number of amides is 1. The summed E-state index contributed by atoms with van der Waals surface area (Å²) in [4.78, 5) is 12.5. The van der Waals surface area contributed by atoms with Gasteiger partial charge in [-0.05, 0) is 24.7 Å². The van der Waals surface area contributed by atoms with Gasteiger partial charge in [0.05, 0.1) is 0 Å². The van der Waals surface area contributed by atoms with Crippen molar-refractivity contribution in [3.8, 4) is 0 Å². The first-order valence-electron chi connectivity index (χ1n) is 5.04.